The normalized spacial score (nSPS) is 12.3. The Morgan fingerprint density at radius 3 is 2.41 bits per heavy atom. The van der Waals surface area contributed by atoms with Gasteiger partial charge in [0.25, 0.3) is 5.91 Å². The molecule has 0 aromatic heterocycles. The van der Waals surface area contributed by atoms with Crippen LogP contribution in [0.3, 0.4) is 0 Å². The fourth-order valence-corrected chi connectivity index (χ4v) is 3.44. The molecule has 0 heterocycles. The second kappa shape index (κ2) is 8.51. The maximum atomic E-state index is 12.4. The van der Waals surface area contributed by atoms with E-state index in [1.54, 1.807) is 7.05 Å². The third-order valence-electron chi connectivity index (χ3n) is 3.74. The average Bonchev–Trinajstić information content (AvgIpc) is 2.61. The van der Waals surface area contributed by atoms with Crippen molar-refractivity contribution in [3.05, 3.63) is 64.7 Å². The van der Waals surface area contributed by atoms with E-state index in [2.05, 4.69) is 0 Å². The van der Waals surface area contributed by atoms with E-state index in [9.17, 15) is 18.0 Å². The maximum Gasteiger partial charge on any atom is 0.338 e. The first-order valence-corrected chi connectivity index (χ1v) is 9.84. The number of halogens is 1. The highest BCUT2D eigenvalue weighted by Crippen LogP contribution is 2.22. The molecule has 2 aromatic carbocycles. The SMILES string of the molecule is C[C@@H](OC(=O)c1ccc(Cl)c(S(N)(=O)=O)c1)C(=O)N(C)Cc1ccccc1. The summed E-state index contributed by atoms with van der Waals surface area (Å²) in [7, 11) is -2.50. The molecular weight excluding hydrogens is 392 g/mol. The van der Waals surface area contributed by atoms with Gasteiger partial charge in [0.2, 0.25) is 10.0 Å². The van der Waals surface area contributed by atoms with Crippen LogP contribution in [0.15, 0.2) is 53.4 Å². The number of benzene rings is 2. The largest absolute Gasteiger partial charge is 0.449 e. The Kier molecular flexibility index (Phi) is 6.59. The van der Waals surface area contributed by atoms with Crippen LogP contribution in [0.2, 0.25) is 5.02 Å². The number of nitrogens with zero attached hydrogens (tertiary/aromatic N) is 1. The lowest BCUT2D eigenvalue weighted by Gasteiger charge is -2.21. The summed E-state index contributed by atoms with van der Waals surface area (Å²) in [5.41, 5.74) is 0.858. The number of carbonyl (C=O) groups excluding carboxylic acids is 2. The number of sulfonamides is 1. The van der Waals surface area contributed by atoms with Crippen molar-refractivity contribution >= 4 is 33.5 Å². The summed E-state index contributed by atoms with van der Waals surface area (Å²) in [4.78, 5) is 25.7. The topological polar surface area (TPSA) is 107 Å². The maximum absolute atomic E-state index is 12.4. The van der Waals surface area contributed by atoms with E-state index in [-0.39, 0.29) is 10.6 Å². The molecule has 0 unspecified atom stereocenters. The predicted molar refractivity (Wildman–Crippen MR) is 101 cm³/mol. The van der Waals surface area contributed by atoms with Crippen molar-refractivity contribution in [2.45, 2.75) is 24.5 Å². The number of rotatable bonds is 6. The minimum Gasteiger partial charge on any atom is -0.449 e. The van der Waals surface area contributed by atoms with Crippen molar-refractivity contribution in [3.8, 4) is 0 Å². The van der Waals surface area contributed by atoms with Gasteiger partial charge in [-0.2, -0.15) is 0 Å². The molecule has 144 valence electrons. The molecule has 0 spiro atoms. The van der Waals surface area contributed by atoms with Gasteiger partial charge in [0.05, 0.1) is 10.6 Å². The lowest BCUT2D eigenvalue weighted by Crippen LogP contribution is -2.37. The van der Waals surface area contributed by atoms with E-state index in [0.717, 1.165) is 11.6 Å². The number of primary sulfonamides is 1. The van der Waals surface area contributed by atoms with Gasteiger partial charge in [-0.1, -0.05) is 41.9 Å². The van der Waals surface area contributed by atoms with Gasteiger partial charge in [-0.05, 0) is 30.7 Å². The molecule has 0 aliphatic heterocycles. The second-order valence-corrected chi connectivity index (χ2v) is 7.85. The number of hydrogen-bond acceptors (Lipinski definition) is 5. The zero-order chi connectivity index (χ0) is 20.2. The van der Waals surface area contributed by atoms with Crippen LogP contribution in [0.4, 0.5) is 0 Å². The molecule has 27 heavy (non-hydrogen) atoms. The lowest BCUT2D eigenvalue weighted by atomic mass is 10.2. The van der Waals surface area contributed by atoms with Gasteiger partial charge in [0.15, 0.2) is 6.10 Å². The predicted octanol–water partition coefficient (Wildman–Crippen LogP) is 2.19. The van der Waals surface area contributed by atoms with Crippen molar-refractivity contribution < 1.29 is 22.7 Å². The summed E-state index contributed by atoms with van der Waals surface area (Å²) in [6, 6.07) is 12.9. The summed E-state index contributed by atoms with van der Waals surface area (Å²) >= 11 is 5.79. The van der Waals surface area contributed by atoms with Crippen molar-refractivity contribution in [1.29, 1.82) is 0 Å². The van der Waals surface area contributed by atoms with Gasteiger partial charge in [-0.3, -0.25) is 4.79 Å². The number of likely N-dealkylation sites (N-methyl/N-ethyl adjacent to an activating group) is 1. The molecule has 2 rings (SSSR count). The molecule has 0 saturated carbocycles. The average molecular weight is 411 g/mol. The molecule has 0 saturated heterocycles. The van der Waals surface area contributed by atoms with Gasteiger partial charge < -0.3 is 9.64 Å². The lowest BCUT2D eigenvalue weighted by molar-refractivity contribution is -0.139. The minimum absolute atomic E-state index is 0.0752. The standard InChI is InChI=1S/C18H19ClN2O5S/c1-12(17(22)21(2)11-13-6-4-3-5-7-13)26-18(23)14-8-9-15(19)16(10-14)27(20,24)25/h3-10,12H,11H2,1-2H3,(H2,20,24,25)/t12-/m1/s1. The molecule has 0 aliphatic carbocycles. The van der Waals surface area contributed by atoms with Crippen molar-refractivity contribution in [1.82, 2.24) is 4.90 Å². The van der Waals surface area contributed by atoms with Crippen LogP contribution in [0, 0.1) is 0 Å². The van der Waals surface area contributed by atoms with E-state index in [1.165, 1.54) is 24.0 Å². The van der Waals surface area contributed by atoms with Gasteiger partial charge in [-0.25, -0.2) is 18.4 Å². The number of carbonyl (C=O) groups is 2. The molecule has 1 atom stereocenters. The molecular formula is C18H19ClN2O5S. The Balaban J connectivity index is 2.07. The zero-order valence-electron chi connectivity index (χ0n) is 14.8. The van der Waals surface area contributed by atoms with Crippen LogP contribution in [-0.4, -0.2) is 38.3 Å². The number of hydrogen-bond donors (Lipinski definition) is 1. The van der Waals surface area contributed by atoms with Crippen LogP contribution in [-0.2, 0) is 26.1 Å². The highest BCUT2D eigenvalue weighted by Gasteiger charge is 2.24. The summed E-state index contributed by atoms with van der Waals surface area (Å²) in [6.07, 6.45) is -1.06. The van der Waals surface area contributed by atoms with Crippen LogP contribution in [0.1, 0.15) is 22.8 Å². The first-order chi connectivity index (χ1) is 12.6. The number of esters is 1. The first kappa shape index (κ1) is 20.9. The van der Waals surface area contributed by atoms with Gasteiger partial charge in [-0.15, -0.1) is 0 Å². The highest BCUT2D eigenvalue weighted by atomic mass is 35.5. The Labute approximate surface area is 162 Å². The Hall–Kier alpha value is -2.42. The highest BCUT2D eigenvalue weighted by molar-refractivity contribution is 7.89. The van der Waals surface area contributed by atoms with Gasteiger partial charge in [0, 0.05) is 13.6 Å². The molecule has 2 N–H and O–H groups in total. The zero-order valence-corrected chi connectivity index (χ0v) is 16.3. The molecule has 0 aliphatic rings. The second-order valence-electron chi connectivity index (χ2n) is 5.92. The molecule has 1 amide bonds. The summed E-state index contributed by atoms with van der Waals surface area (Å²) in [5.74, 6) is -1.25. The Morgan fingerprint density at radius 1 is 1.19 bits per heavy atom. The van der Waals surface area contributed by atoms with Crippen molar-refractivity contribution in [2.75, 3.05) is 7.05 Å². The van der Waals surface area contributed by atoms with Gasteiger partial charge in [0.1, 0.15) is 4.90 Å². The van der Waals surface area contributed by atoms with Crippen LogP contribution in [0.5, 0.6) is 0 Å². The fourth-order valence-electron chi connectivity index (χ4n) is 2.37. The minimum atomic E-state index is -4.10. The molecule has 9 heteroatoms. The third kappa shape index (κ3) is 5.53. The molecule has 0 fully saturated rings. The number of ether oxygens (including phenoxy) is 1. The smallest absolute Gasteiger partial charge is 0.338 e. The van der Waals surface area contributed by atoms with Crippen LogP contribution in [0.25, 0.3) is 0 Å². The monoisotopic (exact) mass is 410 g/mol. The fraction of sp³-hybridized carbons (Fsp3) is 0.222. The Morgan fingerprint density at radius 2 is 1.81 bits per heavy atom. The number of amides is 1. The Bertz CT molecular complexity index is 947. The van der Waals surface area contributed by atoms with Crippen LogP contribution < -0.4 is 5.14 Å². The molecule has 0 bridgehead atoms. The molecule has 7 nitrogen and oxygen atoms in total. The van der Waals surface area contributed by atoms with E-state index < -0.39 is 32.9 Å². The number of nitrogens with two attached hydrogens (primary N) is 1. The van der Waals surface area contributed by atoms with Crippen molar-refractivity contribution in [2.24, 2.45) is 5.14 Å². The van der Waals surface area contributed by atoms with E-state index in [1.807, 2.05) is 30.3 Å². The quantitative estimate of drug-likeness (QED) is 0.734. The van der Waals surface area contributed by atoms with E-state index in [0.29, 0.717) is 6.54 Å². The third-order valence-corrected chi connectivity index (χ3v) is 5.14. The summed E-state index contributed by atoms with van der Waals surface area (Å²) in [5, 5.41) is 4.95. The van der Waals surface area contributed by atoms with Gasteiger partial charge >= 0.3 is 5.97 Å². The van der Waals surface area contributed by atoms with E-state index in [4.69, 9.17) is 21.5 Å². The van der Waals surface area contributed by atoms with Crippen molar-refractivity contribution in [3.63, 3.8) is 0 Å². The molecule has 2 aromatic rings. The van der Waals surface area contributed by atoms with Crippen LogP contribution >= 0.6 is 11.6 Å². The summed E-state index contributed by atoms with van der Waals surface area (Å²) in [6.45, 7) is 1.80. The summed E-state index contributed by atoms with van der Waals surface area (Å²) < 4.78 is 28.2. The molecule has 0 radical (unpaired) electrons. The van der Waals surface area contributed by atoms with E-state index >= 15 is 0 Å². The first-order valence-electron chi connectivity index (χ1n) is 7.92.